The smallest absolute Gasteiger partial charge is 0.243 e. The predicted octanol–water partition coefficient (Wildman–Crippen LogP) is 3.42. The summed E-state index contributed by atoms with van der Waals surface area (Å²) in [5, 5.41) is 0.977. The quantitative estimate of drug-likeness (QED) is 0.519. The third kappa shape index (κ3) is 4.39. The maximum absolute atomic E-state index is 13.4. The molecule has 0 spiro atoms. The number of anilines is 1. The van der Waals surface area contributed by atoms with E-state index >= 15 is 0 Å². The van der Waals surface area contributed by atoms with Gasteiger partial charge < -0.3 is 14.5 Å². The van der Waals surface area contributed by atoms with Crippen LogP contribution >= 0.6 is 11.3 Å². The summed E-state index contributed by atoms with van der Waals surface area (Å²) < 4.78 is 34.3. The van der Waals surface area contributed by atoms with Crippen LogP contribution in [0.3, 0.4) is 0 Å². The highest BCUT2D eigenvalue weighted by Gasteiger charge is 2.41. The summed E-state index contributed by atoms with van der Waals surface area (Å²) in [5.41, 5.74) is 3.49. The monoisotopic (exact) mass is 514 g/mol. The SMILES string of the molecule is COc1ccc(S(=O)(=O)N2CCCC2C(=O)N2CCN(c3nc4c(C)c(C)ccc4s3)CC2)cc1. The van der Waals surface area contributed by atoms with Crippen molar-refractivity contribution in [2.75, 3.05) is 44.7 Å². The van der Waals surface area contributed by atoms with Crippen molar-refractivity contribution in [3.63, 3.8) is 0 Å². The fraction of sp³-hybridized carbons (Fsp3) is 0.440. The van der Waals surface area contributed by atoms with Gasteiger partial charge in [-0.05, 0) is 68.1 Å². The molecular formula is C25H30N4O4S2. The van der Waals surface area contributed by atoms with E-state index in [0.29, 0.717) is 51.3 Å². The highest BCUT2D eigenvalue weighted by Crippen LogP contribution is 2.33. The average Bonchev–Trinajstić information content (AvgIpc) is 3.55. The Morgan fingerprint density at radius 2 is 1.74 bits per heavy atom. The van der Waals surface area contributed by atoms with E-state index in [0.717, 1.165) is 10.6 Å². The third-order valence-corrected chi connectivity index (χ3v) is 10.1. The molecule has 186 valence electrons. The van der Waals surface area contributed by atoms with Crippen LogP contribution in [-0.4, -0.2) is 74.4 Å². The molecule has 0 bridgehead atoms. The van der Waals surface area contributed by atoms with Crippen molar-refractivity contribution in [2.24, 2.45) is 0 Å². The Kier molecular flexibility index (Phi) is 6.45. The van der Waals surface area contributed by atoms with Crippen molar-refractivity contribution in [2.45, 2.75) is 37.6 Å². The van der Waals surface area contributed by atoms with Gasteiger partial charge >= 0.3 is 0 Å². The van der Waals surface area contributed by atoms with Crippen LogP contribution in [-0.2, 0) is 14.8 Å². The molecule has 35 heavy (non-hydrogen) atoms. The minimum absolute atomic E-state index is 0.102. The van der Waals surface area contributed by atoms with E-state index in [9.17, 15) is 13.2 Å². The average molecular weight is 515 g/mol. The Balaban J connectivity index is 1.27. The maximum atomic E-state index is 13.4. The number of piperazine rings is 1. The number of aryl methyl sites for hydroxylation is 2. The fourth-order valence-corrected chi connectivity index (χ4v) is 7.56. The lowest BCUT2D eigenvalue weighted by atomic mass is 10.1. The third-order valence-electron chi connectivity index (χ3n) is 7.09. The molecule has 1 atom stereocenters. The molecule has 0 radical (unpaired) electrons. The summed E-state index contributed by atoms with van der Waals surface area (Å²) in [6, 6.07) is 9.93. The van der Waals surface area contributed by atoms with E-state index in [4.69, 9.17) is 9.72 Å². The number of hydrogen-bond acceptors (Lipinski definition) is 7. The van der Waals surface area contributed by atoms with Crippen LogP contribution in [0.5, 0.6) is 5.75 Å². The first-order valence-electron chi connectivity index (χ1n) is 11.9. The van der Waals surface area contributed by atoms with Crippen molar-refractivity contribution in [1.82, 2.24) is 14.2 Å². The van der Waals surface area contributed by atoms with Crippen LogP contribution in [0.25, 0.3) is 10.2 Å². The van der Waals surface area contributed by atoms with Gasteiger partial charge in [0, 0.05) is 32.7 Å². The molecule has 2 aromatic carbocycles. The molecule has 2 aliphatic rings. The number of aromatic nitrogens is 1. The minimum atomic E-state index is -3.76. The first-order chi connectivity index (χ1) is 16.8. The van der Waals surface area contributed by atoms with Crippen LogP contribution in [0.1, 0.15) is 24.0 Å². The summed E-state index contributed by atoms with van der Waals surface area (Å²) in [6.07, 6.45) is 1.22. The van der Waals surface area contributed by atoms with E-state index in [1.54, 1.807) is 23.5 Å². The summed E-state index contributed by atoms with van der Waals surface area (Å²) in [4.78, 5) is 22.5. The number of rotatable bonds is 5. The molecule has 5 rings (SSSR count). The van der Waals surface area contributed by atoms with Gasteiger partial charge in [0.1, 0.15) is 11.8 Å². The molecule has 0 N–H and O–H groups in total. The van der Waals surface area contributed by atoms with E-state index in [1.807, 2.05) is 4.90 Å². The zero-order chi connectivity index (χ0) is 24.7. The Hall–Kier alpha value is -2.69. The molecule has 1 unspecified atom stereocenters. The van der Waals surface area contributed by atoms with Crippen LogP contribution in [0.2, 0.25) is 0 Å². The molecule has 0 saturated carbocycles. The van der Waals surface area contributed by atoms with Gasteiger partial charge in [0.25, 0.3) is 0 Å². The maximum Gasteiger partial charge on any atom is 0.243 e. The molecule has 3 aromatic rings. The second kappa shape index (κ2) is 9.40. The normalized spacial score (nSPS) is 19.5. The van der Waals surface area contributed by atoms with Crippen LogP contribution in [0, 0.1) is 13.8 Å². The summed E-state index contributed by atoms with van der Waals surface area (Å²) in [7, 11) is -2.22. The van der Waals surface area contributed by atoms with Gasteiger partial charge in [0.05, 0.1) is 22.2 Å². The Morgan fingerprint density at radius 1 is 1.03 bits per heavy atom. The standard InChI is InChI=1S/C25H30N4O4S2/c1-17-6-11-22-23(18(17)2)26-25(34-22)28-15-13-27(14-16-28)24(30)21-5-4-12-29(21)35(31,32)20-9-7-19(33-3)8-10-20/h6-11,21H,4-5,12-16H2,1-3H3. The number of ether oxygens (including phenoxy) is 1. The summed E-state index contributed by atoms with van der Waals surface area (Å²) >= 11 is 1.68. The van der Waals surface area contributed by atoms with Gasteiger partial charge in [0.2, 0.25) is 15.9 Å². The molecule has 10 heteroatoms. The number of sulfonamides is 1. The first-order valence-corrected chi connectivity index (χ1v) is 14.1. The fourth-order valence-electron chi connectivity index (χ4n) is 4.84. The zero-order valence-corrected chi connectivity index (χ0v) is 21.9. The Bertz CT molecular complexity index is 1350. The van der Waals surface area contributed by atoms with E-state index in [1.165, 1.54) is 39.4 Å². The van der Waals surface area contributed by atoms with Gasteiger partial charge in [-0.15, -0.1) is 0 Å². The number of benzene rings is 2. The number of nitrogens with zero attached hydrogens (tertiary/aromatic N) is 4. The second-order valence-corrected chi connectivity index (χ2v) is 12.0. The van der Waals surface area contributed by atoms with Gasteiger partial charge in [0.15, 0.2) is 5.13 Å². The van der Waals surface area contributed by atoms with Gasteiger partial charge in [-0.2, -0.15) is 4.31 Å². The number of methoxy groups -OCH3 is 1. The molecule has 1 aromatic heterocycles. The van der Waals surface area contributed by atoms with E-state index in [-0.39, 0.29) is 10.8 Å². The highest BCUT2D eigenvalue weighted by atomic mass is 32.2. The lowest BCUT2D eigenvalue weighted by Crippen LogP contribution is -2.54. The van der Waals surface area contributed by atoms with Crippen LogP contribution in [0.4, 0.5) is 5.13 Å². The number of carbonyl (C=O) groups excluding carboxylic acids is 1. The van der Waals surface area contributed by atoms with Crippen molar-refractivity contribution in [1.29, 1.82) is 0 Å². The number of hydrogen-bond donors (Lipinski definition) is 0. The largest absolute Gasteiger partial charge is 0.497 e. The lowest BCUT2D eigenvalue weighted by molar-refractivity contribution is -0.134. The van der Waals surface area contributed by atoms with Crippen LogP contribution in [0.15, 0.2) is 41.3 Å². The van der Waals surface area contributed by atoms with Crippen molar-refractivity contribution < 1.29 is 17.9 Å². The van der Waals surface area contributed by atoms with E-state index < -0.39 is 16.1 Å². The van der Waals surface area contributed by atoms with Crippen LogP contribution < -0.4 is 9.64 Å². The lowest BCUT2D eigenvalue weighted by Gasteiger charge is -2.37. The van der Waals surface area contributed by atoms with E-state index in [2.05, 4.69) is 30.9 Å². The molecule has 2 fully saturated rings. The molecule has 8 nitrogen and oxygen atoms in total. The molecule has 1 amide bonds. The van der Waals surface area contributed by atoms with Gasteiger partial charge in [-0.3, -0.25) is 4.79 Å². The number of fused-ring (bicyclic) bond motifs is 1. The van der Waals surface area contributed by atoms with Crippen molar-refractivity contribution in [3.05, 3.63) is 47.5 Å². The first kappa shape index (κ1) is 24.0. The van der Waals surface area contributed by atoms with Gasteiger partial charge in [-0.25, -0.2) is 13.4 Å². The molecule has 0 aliphatic carbocycles. The Labute approximate surface area is 210 Å². The zero-order valence-electron chi connectivity index (χ0n) is 20.2. The number of thiazole rings is 1. The minimum Gasteiger partial charge on any atom is -0.497 e. The Morgan fingerprint density at radius 3 is 2.43 bits per heavy atom. The number of amides is 1. The molecule has 2 aliphatic heterocycles. The van der Waals surface area contributed by atoms with Crippen molar-refractivity contribution >= 4 is 42.6 Å². The topological polar surface area (TPSA) is 83.0 Å². The summed E-state index contributed by atoms with van der Waals surface area (Å²) in [6.45, 7) is 7.03. The molecule has 3 heterocycles. The predicted molar refractivity (Wildman–Crippen MR) is 138 cm³/mol. The second-order valence-electron chi connectivity index (χ2n) is 9.11. The molecular weight excluding hydrogens is 484 g/mol. The van der Waals surface area contributed by atoms with Crippen molar-refractivity contribution in [3.8, 4) is 5.75 Å². The summed E-state index contributed by atoms with van der Waals surface area (Å²) in [5.74, 6) is 0.490. The number of carbonyl (C=O) groups is 1. The molecule has 2 saturated heterocycles. The highest BCUT2D eigenvalue weighted by molar-refractivity contribution is 7.89. The van der Waals surface area contributed by atoms with Gasteiger partial charge in [-0.1, -0.05) is 17.4 Å².